The highest BCUT2D eigenvalue weighted by Crippen LogP contribution is 2.31. The number of aryl methyl sites for hydroxylation is 1. The van der Waals surface area contributed by atoms with E-state index in [-0.39, 0.29) is 11.9 Å². The molecule has 2 heterocycles. The van der Waals surface area contributed by atoms with E-state index < -0.39 is 10.8 Å². The van der Waals surface area contributed by atoms with Crippen LogP contribution < -0.4 is 0 Å². The van der Waals surface area contributed by atoms with Crippen molar-refractivity contribution >= 4 is 16.7 Å². The summed E-state index contributed by atoms with van der Waals surface area (Å²) in [5.41, 5.74) is 1.86. The molecule has 0 spiro atoms. The van der Waals surface area contributed by atoms with Crippen LogP contribution in [0, 0.1) is 0 Å². The third-order valence-electron chi connectivity index (χ3n) is 4.77. The first-order valence-corrected chi connectivity index (χ1v) is 9.99. The van der Waals surface area contributed by atoms with Crippen LogP contribution in [0.5, 0.6) is 0 Å². The number of rotatable bonds is 3. The van der Waals surface area contributed by atoms with Crippen molar-refractivity contribution in [1.82, 2.24) is 9.47 Å². The number of nitrogens with zero attached hydrogens (tertiary/aromatic N) is 2. The second kappa shape index (κ2) is 7.34. The van der Waals surface area contributed by atoms with Gasteiger partial charge in [0.25, 0.3) is 5.91 Å². The molecule has 0 saturated carbocycles. The van der Waals surface area contributed by atoms with E-state index in [0.717, 1.165) is 30.7 Å². The lowest BCUT2D eigenvalue weighted by molar-refractivity contribution is 0.0674. The number of carbonyl (C=O) groups is 1. The van der Waals surface area contributed by atoms with Crippen LogP contribution in [-0.2, 0) is 17.8 Å². The first-order valence-electron chi connectivity index (χ1n) is 8.43. The van der Waals surface area contributed by atoms with Crippen molar-refractivity contribution in [2.45, 2.75) is 36.6 Å². The summed E-state index contributed by atoms with van der Waals surface area (Å²) < 4.78 is 13.6. The van der Waals surface area contributed by atoms with Gasteiger partial charge in [-0.15, -0.1) is 0 Å². The van der Waals surface area contributed by atoms with Gasteiger partial charge in [-0.2, -0.15) is 0 Å². The standard InChI is InChI=1S/C19H24N2O2S/c1-20-13-6-8-17(20)18-7-4-3-5-14-21(18)19(22)15-9-11-16(12-10-15)24(2)23/h6,8-13,18H,3-5,7,14H2,1-2H3/t18-,24-/m1/s1. The molecule has 1 saturated heterocycles. The van der Waals surface area contributed by atoms with E-state index in [9.17, 15) is 9.00 Å². The Bertz CT molecular complexity index is 736. The number of amides is 1. The summed E-state index contributed by atoms with van der Waals surface area (Å²) in [4.78, 5) is 15.9. The van der Waals surface area contributed by atoms with Gasteiger partial charge < -0.3 is 9.47 Å². The van der Waals surface area contributed by atoms with Gasteiger partial charge in [0.2, 0.25) is 0 Å². The molecule has 5 heteroatoms. The molecule has 1 aromatic carbocycles. The Morgan fingerprint density at radius 2 is 1.88 bits per heavy atom. The fraction of sp³-hybridized carbons (Fsp3) is 0.421. The lowest BCUT2D eigenvalue weighted by atomic mass is 10.1. The predicted molar refractivity (Wildman–Crippen MR) is 96.4 cm³/mol. The second-order valence-corrected chi connectivity index (χ2v) is 7.77. The zero-order chi connectivity index (χ0) is 17.1. The van der Waals surface area contributed by atoms with Crippen LogP contribution in [0.15, 0.2) is 47.5 Å². The Hall–Kier alpha value is -1.88. The molecule has 1 aliphatic heterocycles. The molecular formula is C19H24N2O2S. The zero-order valence-electron chi connectivity index (χ0n) is 14.3. The smallest absolute Gasteiger partial charge is 0.254 e. The number of benzene rings is 1. The maximum Gasteiger partial charge on any atom is 0.254 e. The van der Waals surface area contributed by atoms with Crippen LogP contribution in [0.1, 0.15) is 47.8 Å². The SMILES string of the molecule is Cn1cccc1[C@H]1CCCCCN1C(=O)c1ccc([S@@](C)=O)cc1. The molecule has 1 aromatic heterocycles. The Labute approximate surface area is 145 Å². The molecule has 2 aromatic rings. The molecule has 1 aliphatic rings. The van der Waals surface area contributed by atoms with Gasteiger partial charge >= 0.3 is 0 Å². The third kappa shape index (κ3) is 3.46. The van der Waals surface area contributed by atoms with Crippen molar-refractivity contribution in [3.63, 3.8) is 0 Å². The van der Waals surface area contributed by atoms with Gasteiger partial charge in [0.1, 0.15) is 0 Å². The van der Waals surface area contributed by atoms with Crippen molar-refractivity contribution in [2.75, 3.05) is 12.8 Å². The minimum absolute atomic E-state index is 0.0662. The maximum atomic E-state index is 13.1. The number of aromatic nitrogens is 1. The molecule has 0 radical (unpaired) electrons. The predicted octanol–water partition coefficient (Wildman–Crippen LogP) is 3.52. The summed E-state index contributed by atoms with van der Waals surface area (Å²) in [6.45, 7) is 0.788. The molecule has 1 amide bonds. The van der Waals surface area contributed by atoms with E-state index >= 15 is 0 Å². The summed E-state index contributed by atoms with van der Waals surface area (Å²) in [5.74, 6) is 0.0662. The van der Waals surface area contributed by atoms with Crippen molar-refractivity contribution < 1.29 is 9.00 Å². The highest BCUT2D eigenvalue weighted by Gasteiger charge is 2.28. The molecule has 3 rings (SSSR count). The van der Waals surface area contributed by atoms with E-state index in [0.29, 0.717) is 5.56 Å². The minimum Gasteiger partial charge on any atom is -0.353 e. The lowest BCUT2D eigenvalue weighted by Gasteiger charge is -2.30. The number of hydrogen-bond acceptors (Lipinski definition) is 2. The van der Waals surface area contributed by atoms with Gasteiger partial charge in [-0.1, -0.05) is 12.8 Å². The molecule has 0 unspecified atom stereocenters. The number of likely N-dealkylation sites (tertiary alicyclic amines) is 1. The van der Waals surface area contributed by atoms with Gasteiger partial charge in [0.15, 0.2) is 0 Å². The summed E-state index contributed by atoms with van der Waals surface area (Å²) in [6.07, 6.45) is 8.04. The summed E-state index contributed by atoms with van der Waals surface area (Å²) in [7, 11) is 1.02. The Morgan fingerprint density at radius 1 is 1.12 bits per heavy atom. The number of carbonyl (C=O) groups excluding carboxylic acids is 1. The van der Waals surface area contributed by atoms with Gasteiger partial charge in [-0.05, 0) is 49.2 Å². The lowest BCUT2D eigenvalue weighted by Crippen LogP contribution is -2.35. The highest BCUT2D eigenvalue weighted by atomic mass is 32.2. The van der Waals surface area contributed by atoms with E-state index in [1.54, 1.807) is 30.5 Å². The van der Waals surface area contributed by atoms with Gasteiger partial charge in [0, 0.05) is 53.0 Å². The number of hydrogen-bond donors (Lipinski definition) is 0. The van der Waals surface area contributed by atoms with E-state index in [1.165, 1.54) is 12.1 Å². The van der Waals surface area contributed by atoms with Crippen LogP contribution in [0.3, 0.4) is 0 Å². The first-order chi connectivity index (χ1) is 11.6. The van der Waals surface area contributed by atoms with Crippen LogP contribution in [-0.4, -0.2) is 32.4 Å². The van der Waals surface area contributed by atoms with Crippen LogP contribution in [0.25, 0.3) is 0 Å². The molecule has 2 atom stereocenters. The van der Waals surface area contributed by atoms with Crippen molar-refractivity contribution in [1.29, 1.82) is 0 Å². The molecule has 1 fully saturated rings. The van der Waals surface area contributed by atoms with Crippen LogP contribution in [0.2, 0.25) is 0 Å². The largest absolute Gasteiger partial charge is 0.353 e. The average molecular weight is 344 g/mol. The maximum absolute atomic E-state index is 13.1. The molecule has 128 valence electrons. The van der Waals surface area contributed by atoms with Gasteiger partial charge in [0.05, 0.1) is 6.04 Å². The van der Waals surface area contributed by atoms with Crippen LogP contribution in [0.4, 0.5) is 0 Å². The quantitative estimate of drug-likeness (QED) is 0.855. The van der Waals surface area contributed by atoms with E-state index in [4.69, 9.17) is 0 Å². The first kappa shape index (κ1) is 17.0. The second-order valence-electron chi connectivity index (χ2n) is 6.39. The zero-order valence-corrected chi connectivity index (χ0v) is 15.1. The summed E-state index contributed by atoms with van der Waals surface area (Å²) in [5, 5.41) is 0. The fourth-order valence-electron chi connectivity index (χ4n) is 3.43. The van der Waals surface area contributed by atoms with Crippen LogP contribution >= 0.6 is 0 Å². The Balaban J connectivity index is 1.89. The monoisotopic (exact) mass is 344 g/mol. The Morgan fingerprint density at radius 3 is 2.50 bits per heavy atom. The molecule has 0 N–H and O–H groups in total. The summed E-state index contributed by atoms with van der Waals surface area (Å²) in [6, 6.07) is 11.4. The van der Waals surface area contributed by atoms with Gasteiger partial charge in [-0.3, -0.25) is 9.00 Å². The molecule has 24 heavy (non-hydrogen) atoms. The Kier molecular flexibility index (Phi) is 5.19. The van der Waals surface area contributed by atoms with Gasteiger partial charge in [-0.25, -0.2) is 0 Å². The molecule has 0 aliphatic carbocycles. The minimum atomic E-state index is -1.02. The fourth-order valence-corrected chi connectivity index (χ4v) is 3.95. The van der Waals surface area contributed by atoms with E-state index in [2.05, 4.69) is 10.6 Å². The van der Waals surface area contributed by atoms with Crippen molar-refractivity contribution in [3.8, 4) is 0 Å². The summed E-state index contributed by atoms with van der Waals surface area (Å²) >= 11 is 0. The van der Waals surface area contributed by atoms with Crippen molar-refractivity contribution in [3.05, 3.63) is 53.9 Å². The third-order valence-corrected chi connectivity index (χ3v) is 5.71. The average Bonchev–Trinajstić information content (AvgIpc) is 2.86. The molecule has 0 bridgehead atoms. The molecular weight excluding hydrogens is 320 g/mol. The normalized spacial score (nSPS) is 19.8. The molecule has 4 nitrogen and oxygen atoms in total. The topological polar surface area (TPSA) is 42.3 Å². The van der Waals surface area contributed by atoms with E-state index in [1.807, 2.05) is 24.2 Å². The highest BCUT2D eigenvalue weighted by molar-refractivity contribution is 7.84. The van der Waals surface area contributed by atoms with Crippen molar-refractivity contribution in [2.24, 2.45) is 7.05 Å².